The third-order valence-electron chi connectivity index (χ3n) is 2.32. The van der Waals surface area contributed by atoms with Crippen molar-refractivity contribution in [1.29, 1.82) is 0 Å². The Hall–Kier alpha value is -0.760. The minimum Gasteiger partial charge on any atom is -0.469 e. The van der Waals surface area contributed by atoms with Gasteiger partial charge in [0, 0.05) is 25.0 Å². The highest BCUT2D eigenvalue weighted by atomic mass is 16.3. The van der Waals surface area contributed by atoms with Crippen molar-refractivity contribution >= 4 is 0 Å². The van der Waals surface area contributed by atoms with Crippen LogP contribution in [0.25, 0.3) is 0 Å². The van der Waals surface area contributed by atoms with E-state index in [0.717, 1.165) is 11.8 Å². The van der Waals surface area contributed by atoms with Gasteiger partial charge in [-0.3, -0.25) is 4.90 Å². The Morgan fingerprint density at radius 3 is 2.00 bits per heavy atom. The number of hydrogen-bond donors (Lipinski definition) is 0. The molecule has 1 aliphatic rings. The van der Waals surface area contributed by atoms with Crippen LogP contribution in [0.1, 0.15) is 39.4 Å². The second-order valence-electron chi connectivity index (χ2n) is 4.30. The van der Waals surface area contributed by atoms with Gasteiger partial charge in [0.25, 0.3) is 0 Å². The van der Waals surface area contributed by atoms with Gasteiger partial charge in [-0.05, 0) is 26.0 Å². The van der Waals surface area contributed by atoms with Crippen LogP contribution in [0.3, 0.4) is 0 Å². The van der Waals surface area contributed by atoms with Crippen LogP contribution < -0.4 is 0 Å². The summed E-state index contributed by atoms with van der Waals surface area (Å²) in [7, 11) is 0. The van der Waals surface area contributed by atoms with Crippen LogP contribution >= 0.6 is 0 Å². The third-order valence-corrected chi connectivity index (χ3v) is 2.32. The molecular weight excluding hydrogens is 174 g/mol. The fourth-order valence-corrected chi connectivity index (χ4v) is 1.19. The first-order chi connectivity index (χ1) is 6.61. The molecule has 0 amide bonds. The number of nitrogens with zero attached hydrogens (tertiary/aromatic N) is 1. The summed E-state index contributed by atoms with van der Waals surface area (Å²) < 4.78 is 5.09. The molecule has 1 aromatic rings. The Morgan fingerprint density at radius 2 is 1.86 bits per heavy atom. The molecule has 0 bridgehead atoms. The van der Waals surface area contributed by atoms with Crippen molar-refractivity contribution in [2.75, 3.05) is 13.1 Å². The second-order valence-corrected chi connectivity index (χ2v) is 4.30. The summed E-state index contributed by atoms with van der Waals surface area (Å²) in [4.78, 5) is 2.42. The molecule has 0 spiro atoms. The summed E-state index contributed by atoms with van der Waals surface area (Å²) in [5, 5.41) is 0. The van der Waals surface area contributed by atoms with Gasteiger partial charge in [-0.1, -0.05) is 13.8 Å². The van der Waals surface area contributed by atoms with Crippen LogP contribution in [0.2, 0.25) is 0 Å². The van der Waals surface area contributed by atoms with Crippen molar-refractivity contribution < 1.29 is 4.42 Å². The Morgan fingerprint density at radius 1 is 1.21 bits per heavy atom. The lowest BCUT2D eigenvalue weighted by molar-refractivity contribution is 0.460. The first-order valence-corrected chi connectivity index (χ1v) is 5.38. The molecule has 1 aliphatic heterocycles. The van der Waals surface area contributed by atoms with Gasteiger partial charge >= 0.3 is 0 Å². The predicted octanol–water partition coefficient (Wildman–Crippen LogP) is 3.11. The highest BCUT2D eigenvalue weighted by molar-refractivity contribution is 5.02. The summed E-state index contributed by atoms with van der Waals surface area (Å²) in [6.45, 7) is 11.3. The second kappa shape index (κ2) is 5.20. The molecule has 1 fully saturated rings. The van der Waals surface area contributed by atoms with Gasteiger partial charge in [0.05, 0.1) is 6.26 Å². The summed E-state index contributed by atoms with van der Waals surface area (Å²) >= 11 is 0. The molecule has 2 rings (SSSR count). The Kier molecular flexibility index (Phi) is 4.21. The first-order valence-electron chi connectivity index (χ1n) is 5.38. The molecule has 2 heteroatoms. The summed E-state index contributed by atoms with van der Waals surface area (Å²) in [5.74, 6) is 1.58. The van der Waals surface area contributed by atoms with E-state index in [4.69, 9.17) is 4.42 Å². The maximum Gasteiger partial charge on any atom is 0.106 e. The minimum absolute atomic E-state index is 0.519. The van der Waals surface area contributed by atoms with Gasteiger partial charge in [0.1, 0.15) is 5.76 Å². The van der Waals surface area contributed by atoms with E-state index in [1.54, 1.807) is 6.26 Å². The quantitative estimate of drug-likeness (QED) is 0.674. The molecule has 1 saturated heterocycles. The monoisotopic (exact) mass is 195 g/mol. The predicted molar refractivity (Wildman–Crippen MR) is 59.5 cm³/mol. The zero-order valence-corrected chi connectivity index (χ0v) is 9.66. The molecule has 2 heterocycles. The molecule has 0 saturated carbocycles. The van der Waals surface area contributed by atoms with Gasteiger partial charge in [-0.25, -0.2) is 0 Å². The molecule has 14 heavy (non-hydrogen) atoms. The van der Waals surface area contributed by atoms with E-state index in [1.165, 1.54) is 13.1 Å². The van der Waals surface area contributed by atoms with E-state index in [9.17, 15) is 0 Å². The first kappa shape index (κ1) is 11.3. The molecule has 0 aliphatic carbocycles. The Balaban J connectivity index is 0.000000146. The number of furan rings is 1. The van der Waals surface area contributed by atoms with Crippen molar-refractivity contribution in [3.05, 3.63) is 24.2 Å². The molecule has 0 unspecified atom stereocenters. The van der Waals surface area contributed by atoms with Crippen molar-refractivity contribution in [2.45, 2.75) is 39.7 Å². The van der Waals surface area contributed by atoms with Crippen molar-refractivity contribution in [2.24, 2.45) is 0 Å². The van der Waals surface area contributed by atoms with E-state index in [0.29, 0.717) is 5.92 Å². The zero-order valence-electron chi connectivity index (χ0n) is 9.66. The van der Waals surface area contributed by atoms with Crippen molar-refractivity contribution in [3.63, 3.8) is 0 Å². The van der Waals surface area contributed by atoms with Crippen molar-refractivity contribution in [3.8, 4) is 0 Å². The topological polar surface area (TPSA) is 16.1 Å². The minimum atomic E-state index is 0.519. The summed E-state index contributed by atoms with van der Waals surface area (Å²) in [6, 6.07) is 4.70. The number of hydrogen-bond acceptors (Lipinski definition) is 2. The largest absolute Gasteiger partial charge is 0.469 e. The highest BCUT2D eigenvalue weighted by Crippen LogP contribution is 2.12. The molecule has 1 aromatic heterocycles. The Labute approximate surface area is 86.9 Å². The molecule has 80 valence electrons. The molecular formula is C12H21NO. The van der Waals surface area contributed by atoms with E-state index >= 15 is 0 Å². The lowest BCUT2D eigenvalue weighted by Gasteiger charge is -1.99. The molecule has 0 atom stereocenters. The van der Waals surface area contributed by atoms with E-state index in [2.05, 4.69) is 32.6 Å². The summed E-state index contributed by atoms with van der Waals surface area (Å²) in [5.41, 5.74) is 0. The summed E-state index contributed by atoms with van der Waals surface area (Å²) in [6.07, 6.45) is 1.70. The van der Waals surface area contributed by atoms with Gasteiger partial charge in [-0.2, -0.15) is 0 Å². The fraction of sp³-hybridized carbons (Fsp3) is 0.667. The molecule has 0 N–H and O–H groups in total. The van der Waals surface area contributed by atoms with Crippen molar-refractivity contribution in [1.82, 2.24) is 4.90 Å². The van der Waals surface area contributed by atoms with Crippen LogP contribution in [0.5, 0.6) is 0 Å². The average molecular weight is 195 g/mol. The van der Waals surface area contributed by atoms with E-state index in [1.807, 2.05) is 12.1 Å². The molecule has 0 radical (unpaired) electrons. The number of rotatable bonds is 2. The Bertz CT molecular complexity index is 235. The fourth-order valence-electron chi connectivity index (χ4n) is 1.19. The molecule has 0 aromatic carbocycles. The average Bonchev–Trinajstić information content (AvgIpc) is 2.82. The van der Waals surface area contributed by atoms with Crippen LogP contribution in [0, 0.1) is 0 Å². The van der Waals surface area contributed by atoms with Crippen LogP contribution in [0.15, 0.2) is 22.8 Å². The zero-order chi connectivity index (χ0) is 10.6. The van der Waals surface area contributed by atoms with E-state index in [-0.39, 0.29) is 0 Å². The van der Waals surface area contributed by atoms with Gasteiger partial charge in [0.15, 0.2) is 0 Å². The van der Waals surface area contributed by atoms with Gasteiger partial charge < -0.3 is 4.42 Å². The standard InChI is InChI=1S/C7H10O.C5H11N/c1-6(2)7-4-3-5-8-7;1-5(2)6-3-4-6/h3-6H,1-2H3;5H,3-4H2,1-2H3. The normalized spacial score (nSPS) is 15.6. The van der Waals surface area contributed by atoms with Crippen LogP contribution in [-0.4, -0.2) is 24.0 Å². The molecule has 2 nitrogen and oxygen atoms in total. The van der Waals surface area contributed by atoms with Crippen LogP contribution in [0.4, 0.5) is 0 Å². The van der Waals surface area contributed by atoms with E-state index < -0.39 is 0 Å². The van der Waals surface area contributed by atoms with Gasteiger partial charge in [0.2, 0.25) is 0 Å². The third kappa shape index (κ3) is 3.97. The smallest absolute Gasteiger partial charge is 0.106 e. The maximum absolute atomic E-state index is 5.09. The van der Waals surface area contributed by atoms with Gasteiger partial charge in [-0.15, -0.1) is 0 Å². The van der Waals surface area contributed by atoms with Crippen LogP contribution in [-0.2, 0) is 0 Å². The lowest BCUT2D eigenvalue weighted by Crippen LogP contribution is -2.06. The SMILES string of the molecule is CC(C)N1CC1.CC(C)c1ccco1. The maximum atomic E-state index is 5.09. The lowest BCUT2D eigenvalue weighted by atomic mass is 10.2. The highest BCUT2D eigenvalue weighted by Gasteiger charge is 2.19.